The summed E-state index contributed by atoms with van der Waals surface area (Å²) in [5, 5.41) is 3.08. The molecule has 0 radical (unpaired) electrons. The summed E-state index contributed by atoms with van der Waals surface area (Å²) in [6, 6.07) is 15.7. The average molecular weight is 447 g/mol. The van der Waals surface area contributed by atoms with E-state index >= 15 is 0 Å². The van der Waals surface area contributed by atoms with Crippen molar-refractivity contribution in [3.05, 3.63) is 65.9 Å². The van der Waals surface area contributed by atoms with Crippen LogP contribution in [0.5, 0.6) is 11.5 Å². The van der Waals surface area contributed by atoms with Crippen LogP contribution in [0.25, 0.3) is 11.4 Å². The summed E-state index contributed by atoms with van der Waals surface area (Å²) in [5.41, 5.74) is 3.07. The Hall–Kier alpha value is -3.61. The first-order chi connectivity index (χ1) is 16.1. The highest BCUT2D eigenvalue weighted by molar-refractivity contribution is 5.79. The summed E-state index contributed by atoms with van der Waals surface area (Å²) in [7, 11) is 3.25. The number of aromatic nitrogens is 2. The Morgan fingerprint density at radius 2 is 1.94 bits per heavy atom. The summed E-state index contributed by atoms with van der Waals surface area (Å²) in [5.74, 6) is 2.95. The van der Waals surface area contributed by atoms with E-state index in [0.717, 1.165) is 47.8 Å². The van der Waals surface area contributed by atoms with Crippen molar-refractivity contribution in [2.45, 2.75) is 26.3 Å². The van der Waals surface area contributed by atoms with Gasteiger partial charge in [0.1, 0.15) is 17.3 Å². The quantitative estimate of drug-likeness (QED) is 0.591. The molecular formula is C26H30N4O3. The SMILES string of the molecule is COc1ccc(OC)c(CNC(=O)[C@H]2CCCN(c3ccnc(-c4ccc(C)cc4)n3)C2)c1. The molecule has 4 rings (SSSR count). The molecule has 0 aliphatic carbocycles. The fourth-order valence-corrected chi connectivity index (χ4v) is 4.11. The molecule has 1 saturated heterocycles. The first kappa shape index (κ1) is 22.6. The van der Waals surface area contributed by atoms with E-state index in [9.17, 15) is 4.79 Å². The van der Waals surface area contributed by atoms with E-state index in [2.05, 4.69) is 34.3 Å². The lowest BCUT2D eigenvalue weighted by Crippen LogP contribution is -2.43. The second-order valence-electron chi connectivity index (χ2n) is 8.29. The van der Waals surface area contributed by atoms with E-state index in [1.165, 1.54) is 5.56 Å². The van der Waals surface area contributed by atoms with Gasteiger partial charge in [0.2, 0.25) is 5.91 Å². The second-order valence-corrected chi connectivity index (χ2v) is 8.29. The lowest BCUT2D eigenvalue weighted by molar-refractivity contribution is -0.125. The minimum atomic E-state index is -0.104. The average Bonchev–Trinajstić information content (AvgIpc) is 2.87. The molecule has 1 aliphatic heterocycles. The third-order valence-electron chi connectivity index (χ3n) is 6.01. The first-order valence-electron chi connectivity index (χ1n) is 11.2. The molecule has 33 heavy (non-hydrogen) atoms. The van der Waals surface area contributed by atoms with E-state index in [1.54, 1.807) is 20.4 Å². The maximum Gasteiger partial charge on any atom is 0.225 e. The van der Waals surface area contributed by atoms with E-state index in [-0.39, 0.29) is 11.8 Å². The van der Waals surface area contributed by atoms with Gasteiger partial charge in [-0.25, -0.2) is 9.97 Å². The number of nitrogens with zero attached hydrogens (tertiary/aromatic N) is 3. The maximum atomic E-state index is 13.0. The molecule has 2 aromatic carbocycles. The van der Waals surface area contributed by atoms with Gasteiger partial charge in [-0.3, -0.25) is 4.79 Å². The topological polar surface area (TPSA) is 76.6 Å². The molecule has 7 nitrogen and oxygen atoms in total. The Labute approximate surface area is 194 Å². The molecule has 1 N–H and O–H groups in total. The Balaban J connectivity index is 1.42. The van der Waals surface area contributed by atoms with Crippen molar-refractivity contribution in [3.8, 4) is 22.9 Å². The molecule has 0 unspecified atom stereocenters. The molecular weight excluding hydrogens is 416 g/mol. The number of anilines is 1. The number of hydrogen-bond acceptors (Lipinski definition) is 6. The number of aryl methyl sites for hydroxylation is 1. The maximum absolute atomic E-state index is 13.0. The molecule has 3 aromatic rings. The number of benzene rings is 2. The van der Waals surface area contributed by atoms with E-state index in [0.29, 0.717) is 18.9 Å². The summed E-state index contributed by atoms with van der Waals surface area (Å²) in [6.45, 7) is 3.95. The number of nitrogens with one attached hydrogen (secondary N) is 1. The van der Waals surface area contributed by atoms with Gasteiger partial charge in [0, 0.05) is 37.0 Å². The summed E-state index contributed by atoms with van der Waals surface area (Å²) >= 11 is 0. The molecule has 1 aliphatic rings. The van der Waals surface area contributed by atoms with Crippen molar-refractivity contribution >= 4 is 11.7 Å². The molecule has 0 bridgehead atoms. The Bertz CT molecular complexity index is 1100. The van der Waals surface area contributed by atoms with E-state index in [4.69, 9.17) is 14.5 Å². The van der Waals surface area contributed by atoms with Gasteiger partial charge in [-0.15, -0.1) is 0 Å². The van der Waals surface area contributed by atoms with Gasteiger partial charge in [0.15, 0.2) is 5.82 Å². The Morgan fingerprint density at radius 3 is 2.70 bits per heavy atom. The van der Waals surface area contributed by atoms with Crippen LogP contribution >= 0.6 is 0 Å². The van der Waals surface area contributed by atoms with Crippen LogP contribution in [-0.2, 0) is 11.3 Å². The molecule has 1 fully saturated rings. The normalized spacial score (nSPS) is 15.7. The second kappa shape index (κ2) is 10.3. The van der Waals surface area contributed by atoms with Gasteiger partial charge >= 0.3 is 0 Å². The van der Waals surface area contributed by atoms with Crippen LogP contribution in [0, 0.1) is 12.8 Å². The monoisotopic (exact) mass is 446 g/mol. The minimum absolute atomic E-state index is 0.0392. The Morgan fingerprint density at radius 1 is 1.12 bits per heavy atom. The highest BCUT2D eigenvalue weighted by atomic mass is 16.5. The van der Waals surface area contributed by atoms with Gasteiger partial charge in [0.05, 0.1) is 20.1 Å². The number of methoxy groups -OCH3 is 2. The number of ether oxygens (including phenoxy) is 2. The molecule has 2 heterocycles. The van der Waals surface area contributed by atoms with Gasteiger partial charge in [-0.1, -0.05) is 29.8 Å². The summed E-state index contributed by atoms with van der Waals surface area (Å²) in [4.78, 5) is 24.4. The molecule has 1 amide bonds. The van der Waals surface area contributed by atoms with Crippen LogP contribution in [-0.4, -0.2) is 43.2 Å². The molecule has 0 saturated carbocycles. The van der Waals surface area contributed by atoms with Crippen LogP contribution in [0.3, 0.4) is 0 Å². The van der Waals surface area contributed by atoms with Crippen LogP contribution in [0.4, 0.5) is 5.82 Å². The van der Waals surface area contributed by atoms with Crippen molar-refractivity contribution in [3.63, 3.8) is 0 Å². The molecule has 1 atom stereocenters. The number of piperidine rings is 1. The number of rotatable bonds is 7. The van der Waals surface area contributed by atoms with Crippen LogP contribution < -0.4 is 19.7 Å². The predicted octanol–water partition coefficient (Wildman–Crippen LogP) is 4.00. The van der Waals surface area contributed by atoms with E-state index < -0.39 is 0 Å². The zero-order valence-electron chi connectivity index (χ0n) is 19.4. The molecule has 0 spiro atoms. The van der Waals surface area contributed by atoms with Gasteiger partial charge < -0.3 is 19.7 Å². The third-order valence-corrected chi connectivity index (χ3v) is 6.01. The zero-order chi connectivity index (χ0) is 23.2. The van der Waals surface area contributed by atoms with Crippen LogP contribution in [0.1, 0.15) is 24.0 Å². The lowest BCUT2D eigenvalue weighted by atomic mass is 9.97. The van der Waals surface area contributed by atoms with Crippen molar-refractivity contribution in [2.75, 3.05) is 32.2 Å². The van der Waals surface area contributed by atoms with Crippen molar-refractivity contribution < 1.29 is 14.3 Å². The first-order valence-corrected chi connectivity index (χ1v) is 11.2. The summed E-state index contributed by atoms with van der Waals surface area (Å²) in [6.07, 6.45) is 3.58. The number of hydrogen-bond donors (Lipinski definition) is 1. The fraction of sp³-hybridized carbons (Fsp3) is 0.346. The number of amides is 1. The Kier molecular flexibility index (Phi) is 7.07. The van der Waals surface area contributed by atoms with Crippen molar-refractivity contribution in [2.24, 2.45) is 5.92 Å². The minimum Gasteiger partial charge on any atom is -0.497 e. The number of carbonyl (C=O) groups excluding carboxylic acids is 1. The largest absolute Gasteiger partial charge is 0.497 e. The van der Waals surface area contributed by atoms with E-state index in [1.807, 2.05) is 36.4 Å². The third kappa shape index (κ3) is 5.42. The highest BCUT2D eigenvalue weighted by Crippen LogP contribution is 2.26. The van der Waals surface area contributed by atoms with Crippen molar-refractivity contribution in [1.82, 2.24) is 15.3 Å². The fourth-order valence-electron chi connectivity index (χ4n) is 4.11. The van der Waals surface area contributed by atoms with Crippen molar-refractivity contribution in [1.29, 1.82) is 0 Å². The molecule has 7 heteroatoms. The summed E-state index contributed by atoms with van der Waals surface area (Å²) < 4.78 is 10.7. The van der Waals surface area contributed by atoms with Crippen LogP contribution in [0.15, 0.2) is 54.7 Å². The molecule has 1 aromatic heterocycles. The zero-order valence-corrected chi connectivity index (χ0v) is 19.4. The van der Waals surface area contributed by atoms with Gasteiger partial charge in [-0.05, 0) is 44.0 Å². The number of carbonyl (C=O) groups is 1. The standard InChI is InChI=1S/C26H30N4O3/c1-18-6-8-19(9-7-18)25-27-13-12-24(29-25)30-14-4-5-20(17-30)26(31)28-16-21-15-22(32-2)10-11-23(21)33-3/h6-13,15,20H,4-5,14,16-17H2,1-3H3,(H,28,31)/t20-/m0/s1. The van der Waals surface area contributed by atoms with Gasteiger partial charge in [0.25, 0.3) is 0 Å². The van der Waals surface area contributed by atoms with Gasteiger partial charge in [-0.2, -0.15) is 0 Å². The predicted molar refractivity (Wildman–Crippen MR) is 129 cm³/mol. The highest BCUT2D eigenvalue weighted by Gasteiger charge is 2.27. The smallest absolute Gasteiger partial charge is 0.225 e. The lowest BCUT2D eigenvalue weighted by Gasteiger charge is -2.33. The molecule has 172 valence electrons. The van der Waals surface area contributed by atoms with Crippen LogP contribution in [0.2, 0.25) is 0 Å².